The van der Waals surface area contributed by atoms with Gasteiger partial charge in [0.25, 0.3) is 0 Å². The zero-order valence-electron chi connectivity index (χ0n) is 15.2. The molecule has 0 bridgehead atoms. The predicted molar refractivity (Wildman–Crippen MR) is 96.4 cm³/mol. The maximum Gasteiger partial charge on any atom is 0.238 e. The SMILES string of the molecule is Cc1nc(-c2ccc(C)c(NC(=O)CN3C[C@H](C)OC[C@@H]3C)c2)n[nH]1. The number of benzene rings is 1. The van der Waals surface area contributed by atoms with Crippen molar-refractivity contribution in [1.82, 2.24) is 20.1 Å². The Kier molecular flexibility index (Phi) is 5.15. The van der Waals surface area contributed by atoms with Crippen molar-refractivity contribution in [1.29, 1.82) is 0 Å². The Morgan fingerprint density at radius 2 is 2.20 bits per heavy atom. The van der Waals surface area contributed by atoms with Gasteiger partial charge < -0.3 is 10.1 Å². The number of aromatic amines is 1. The van der Waals surface area contributed by atoms with Crippen molar-refractivity contribution in [3.05, 3.63) is 29.6 Å². The van der Waals surface area contributed by atoms with Gasteiger partial charge in [0, 0.05) is 23.8 Å². The Hall–Kier alpha value is -2.25. The van der Waals surface area contributed by atoms with Gasteiger partial charge >= 0.3 is 0 Å². The number of carbonyl (C=O) groups excluding carboxylic acids is 1. The maximum absolute atomic E-state index is 12.5. The third-order valence-electron chi connectivity index (χ3n) is 4.45. The number of carbonyl (C=O) groups is 1. The molecule has 2 heterocycles. The lowest BCUT2D eigenvalue weighted by molar-refractivity contribution is -0.121. The highest BCUT2D eigenvalue weighted by atomic mass is 16.5. The molecule has 7 heteroatoms. The Morgan fingerprint density at radius 1 is 1.40 bits per heavy atom. The number of H-pyrrole nitrogens is 1. The Labute approximate surface area is 147 Å². The minimum Gasteiger partial charge on any atom is -0.376 e. The van der Waals surface area contributed by atoms with Crippen molar-refractivity contribution in [3.8, 4) is 11.4 Å². The number of amides is 1. The lowest BCUT2D eigenvalue weighted by atomic mass is 10.1. The highest BCUT2D eigenvalue weighted by molar-refractivity contribution is 5.93. The quantitative estimate of drug-likeness (QED) is 0.889. The second kappa shape index (κ2) is 7.33. The molecule has 2 N–H and O–H groups in total. The number of hydrogen-bond acceptors (Lipinski definition) is 5. The second-order valence-corrected chi connectivity index (χ2v) is 6.74. The molecule has 1 aliphatic rings. The van der Waals surface area contributed by atoms with Crippen LogP contribution in [-0.4, -0.2) is 57.8 Å². The lowest BCUT2D eigenvalue weighted by Gasteiger charge is -2.36. The van der Waals surface area contributed by atoms with E-state index in [1.54, 1.807) is 0 Å². The van der Waals surface area contributed by atoms with E-state index < -0.39 is 0 Å². The normalized spacial score (nSPS) is 21.3. The van der Waals surface area contributed by atoms with Gasteiger partial charge in [-0.15, -0.1) is 0 Å². The van der Waals surface area contributed by atoms with Crippen LogP contribution in [0.15, 0.2) is 18.2 Å². The van der Waals surface area contributed by atoms with Gasteiger partial charge in [0.2, 0.25) is 5.91 Å². The molecule has 1 saturated heterocycles. The van der Waals surface area contributed by atoms with Crippen LogP contribution in [0.2, 0.25) is 0 Å². The van der Waals surface area contributed by atoms with Gasteiger partial charge in [-0.2, -0.15) is 5.10 Å². The summed E-state index contributed by atoms with van der Waals surface area (Å²) >= 11 is 0. The first-order valence-electron chi connectivity index (χ1n) is 8.58. The van der Waals surface area contributed by atoms with E-state index in [-0.39, 0.29) is 18.1 Å². The van der Waals surface area contributed by atoms with Gasteiger partial charge in [-0.1, -0.05) is 12.1 Å². The van der Waals surface area contributed by atoms with Crippen LogP contribution in [0.1, 0.15) is 25.2 Å². The molecular formula is C18H25N5O2. The molecule has 0 saturated carbocycles. The zero-order valence-corrected chi connectivity index (χ0v) is 15.2. The van der Waals surface area contributed by atoms with E-state index in [9.17, 15) is 4.79 Å². The molecule has 2 atom stereocenters. The minimum atomic E-state index is -0.0210. The monoisotopic (exact) mass is 343 g/mol. The summed E-state index contributed by atoms with van der Waals surface area (Å²) in [6.07, 6.45) is 0.156. The molecule has 0 aliphatic carbocycles. The number of nitrogens with one attached hydrogen (secondary N) is 2. The first-order valence-corrected chi connectivity index (χ1v) is 8.58. The van der Waals surface area contributed by atoms with Crippen LogP contribution in [-0.2, 0) is 9.53 Å². The van der Waals surface area contributed by atoms with Gasteiger partial charge in [0.15, 0.2) is 5.82 Å². The second-order valence-electron chi connectivity index (χ2n) is 6.74. The molecule has 1 fully saturated rings. The number of nitrogens with zero attached hydrogens (tertiary/aromatic N) is 3. The van der Waals surface area contributed by atoms with Crippen LogP contribution in [0.4, 0.5) is 5.69 Å². The van der Waals surface area contributed by atoms with Gasteiger partial charge in [-0.25, -0.2) is 4.98 Å². The first-order chi connectivity index (χ1) is 11.9. The molecule has 0 radical (unpaired) electrons. The van der Waals surface area contributed by atoms with Crippen LogP contribution < -0.4 is 5.32 Å². The van der Waals surface area contributed by atoms with E-state index in [1.807, 2.05) is 39.0 Å². The van der Waals surface area contributed by atoms with Crippen molar-refractivity contribution in [2.45, 2.75) is 39.8 Å². The Balaban J connectivity index is 1.70. The first kappa shape index (κ1) is 17.6. The van der Waals surface area contributed by atoms with E-state index in [4.69, 9.17) is 4.74 Å². The fourth-order valence-corrected chi connectivity index (χ4v) is 2.93. The molecule has 1 aliphatic heterocycles. The summed E-state index contributed by atoms with van der Waals surface area (Å²) < 4.78 is 5.62. The molecule has 134 valence electrons. The van der Waals surface area contributed by atoms with Gasteiger partial charge in [0.05, 0.1) is 19.3 Å². The largest absolute Gasteiger partial charge is 0.376 e. The Bertz CT molecular complexity index is 758. The zero-order chi connectivity index (χ0) is 18.0. The maximum atomic E-state index is 12.5. The van der Waals surface area contributed by atoms with E-state index in [2.05, 4.69) is 32.3 Å². The van der Waals surface area contributed by atoms with E-state index >= 15 is 0 Å². The number of aryl methyl sites for hydroxylation is 2. The number of morpholine rings is 1. The summed E-state index contributed by atoms with van der Waals surface area (Å²) in [6.45, 7) is 9.73. The fourth-order valence-electron chi connectivity index (χ4n) is 2.93. The van der Waals surface area contributed by atoms with Crippen LogP contribution in [0, 0.1) is 13.8 Å². The summed E-state index contributed by atoms with van der Waals surface area (Å²) in [5, 5.41) is 10.0. The highest BCUT2D eigenvalue weighted by Crippen LogP contribution is 2.23. The van der Waals surface area contributed by atoms with Crippen LogP contribution in [0.3, 0.4) is 0 Å². The molecule has 2 aromatic rings. The number of ether oxygens (including phenoxy) is 1. The van der Waals surface area contributed by atoms with E-state index in [0.717, 1.165) is 29.2 Å². The predicted octanol–water partition coefficient (Wildman–Crippen LogP) is 2.14. The summed E-state index contributed by atoms with van der Waals surface area (Å²) in [7, 11) is 0. The smallest absolute Gasteiger partial charge is 0.238 e. The molecular weight excluding hydrogens is 318 g/mol. The van der Waals surface area contributed by atoms with Crippen molar-refractivity contribution in [3.63, 3.8) is 0 Å². The molecule has 1 amide bonds. The topological polar surface area (TPSA) is 83.1 Å². The summed E-state index contributed by atoms with van der Waals surface area (Å²) in [4.78, 5) is 19.0. The number of hydrogen-bond donors (Lipinski definition) is 2. The number of rotatable bonds is 4. The number of anilines is 1. The van der Waals surface area contributed by atoms with Crippen LogP contribution in [0.5, 0.6) is 0 Å². The molecule has 3 rings (SSSR count). The molecule has 0 spiro atoms. The molecule has 7 nitrogen and oxygen atoms in total. The number of aromatic nitrogens is 3. The average molecular weight is 343 g/mol. The van der Waals surface area contributed by atoms with E-state index in [0.29, 0.717) is 19.0 Å². The van der Waals surface area contributed by atoms with Crippen molar-refractivity contribution < 1.29 is 9.53 Å². The van der Waals surface area contributed by atoms with Crippen molar-refractivity contribution in [2.24, 2.45) is 0 Å². The van der Waals surface area contributed by atoms with Gasteiger partial charge in [0.1, 0.15) is 5.82 Å². The lowest BCUT2D eigenvalue weighted by Crippen LogP contribution is -2.50. The molecule has 1 aromatic carbocycles. The van der Waals surface area contributed by atoms with Crippen molar-refractivity contribution >= 4 is 11.6 Å². The van der Waals surface area contributed by atoms with Crippen LogP contribution in [0.25, 0.3) is 11.4 Å². The summed E-state index contributed by atoms with van der Waals surface area (Å²) in [5.74, 6) is 1.37. The summed E-state index contributed by atoms with van der Waals surface area (Å²) in [5.41, 5.74) is 2.67. The molecule has 1 aromatic heterocycles. The Morgan fingerprint density at radius 3 is 2.92 bits per heavy atom. The van der Waals surface area contributed by atoms with Gasteiger partial charge in [-0.05, 0) is 39.3 Å². The van der Waals surface area contributed by atoms with E-state index in [1.165, 1.54) is 0 Å². The summed E-state index contributed by atoms with van der Waals surface area (Å²) in [6, 6.07) is 6.09. The van der Waals surface area contributed by atoms with Gasteiger partial charge in [-0.3, -0.25) is 14.8 Å². The molecule has 0 unspecified atom stereocenters. The average Bonchev–Trinajstić information content (AvgIpc) is 2.99. The molecule has 25 heavy (non-hydrogen) atoms. The third-order valence-corrected chi connectivity index (χ3v) is 4.45. The minimum absolute atomic E-state index is 0.0210. The van der Waals surface area contributed by atoms with Crippen molar-refractivity contribution in [2.75, 3.05) is 25.0 Å². The standard InChI is InChI=1S/C18H25N5O2/c1-11-5-6-15(18-19-14(4)21-22-18)7-16(11)20-17(24)9-23-8-13(3)25-10-12(23)2/h5-7,12-13H,8-10H2,1-4H3,(H,20,24)(H,19,21,22)/t12-,13-/m0/s1. The van der Waals surface area contributed by atoms with Crippen LogP contribution >= 0.6 is 0 Å². The third kappa shape index (κ3) is 4.24. The highest BCUT2D eigenvalue weighted by Gasteiger charge is 2.25. The fraction of sp³-hybridized carbons (Fsp3) is 0.500.